The third-order valence-electron chi connectivity index (χ3n) is 5.61. The van der Waals surface area contributed by atoms with Gasteiger partial charge in [0.15, 0.2) is 0 Å². The van der Waals surface area contributed by atoms with Crippen molar-refractivity contribution in [3.8, 4) is 0 Å². The van der Waals surface area contributed by atoms with Crippen LogP contribution in [-0.2, 0) is 17.8 Å². The second kappa shape index (κ2) is 11.4. The first kappa shape index (κ1) is 24.1. The molecule has 0 saturated carbocycles. The lowest BCUT2D eigenvalue weighted by Gasteiger charge is -2.30. The zero-order chi connectivity index (χ0) is 23.8. The molecule has 1 heterocycles. The number of rotatable bonds is 9. The van der Waals surface area contributed by atoms with Gasteiger partial charge in [-0.05, 0) is 63.4 Å². The van der Waals surface area contributed by atoms with Gasteiger partial charge in [0.05, 0.1) is 12.8 Å². The number of hydrogen-bond acceptors (Lipinski definition) is 3. The quantitative estimate of drug-likeness (QED) is 0.477. The van der Waals surface area contributed by atoms with Crippen molar-refractivity contribution < 1.29 is 14.0 Å². The summed E-state index contributed by atoms with van der Waals surface area (Å²) in [5.74, 6) is 0.596. The summed E-state index contributed by atoms with van der Waals surface area (Å²) < 4.78 is 5.48. The van der Waals surface area contributed by atoms with Gasteiger partial charge >= 0.3 is 6.03 Å². The minimum Gasteiger partial charge on any atom is -0.467 e. The molecular weight excluding hydrogens is 414 g/mol. The Morgan fingerprint density at radius 2 is 1.76 bits per heavy atom. The van der Waals surface area contributed by atoms with Crippen molar-refractivity contribution in [3.05, 3.63) is 89.4 Å². The Bertz CT molecular complexity index is 1050. The number of urea groups is 1. The summed E-state index contributed by atoms with van der Waals surface area (Å²) in [5.41, 5.74) is 4.03. The lowest BCUT2D eigenvalue weighted by Crippen LogP contribution is -2.47. The third kappa shape index (κ3) is 6.97. The molecule has 0 radical (unpaired) electrons. The van der Waals surface area contributed by atoms with E-state index < -0.39 is 0 Å². The molecule has 2 aromatic carbocycles. The number of nitrogens with zero attached hydrogens (tertiary/aromatic N) is 2. The topological polar surface area (TPSA) is 65.8 Å². The van der Waals surface area contributed by atoms with E-state index in [0.717, 1.165) is 28.8 Å². The zero-order valence-electron chi connectivity index (χ0n) is 19.9. The fourth-order valence-corrected chi connectivity index (χ4v) is 3.67. The van der Waals surface area contributed by atoms with Crippen LogP contribution in [-0.4, -0.2) is 40.9 Å². The molecule has 1 aromatic heterocycles. The van der Waals surface area contributed by atoms with E-state index in [1.807, 2.05) is 88.4 Å². The van der Waals surface area contributed by atoms with Gasteiger partial charge in [-0.3, -0.25) is 4.79 Å². The summed E-state index contributed by atoms with van der Waals surface area (Å²) in [4.78, 5) is 29.7. The highest BCUT2D eigenvalue weighted by atomic mass is 16.3. The summed E-state index contributed by atoms with van der Waals surface area (Å²) in [7, 11) is 0. The summed E-state index contributed by atoms with van der Waals surface area (Å²) in [6.07, 6.45) is 2.33. The van der Waals surface area contributed by atoms with E-state index in [1.165, 1.54) is 0 Å². The first-order valence-corrected chi connectivity index (χ1v) is 11.3. The van der Waals surface area contributed by atoms with Gasteiger partial charge in [0.25, 0.3) is 0 Å². The van der Waals surface area contributed by atoms with Crippen molar-refractivity contribution in [2.24, 2.45) is 0 Å². The number of carbonyl (C=O) groups excluding carboxylic acids is 2. The van der Waals surface area contributed by atoms with Crippen molar-refractivity contribution in [2.75, 3.05) is 18.4 Å². The van der Waals surface area contributed by atoms with Gasteiger partial charge in [-0.25, -0.2) is 4.79 Å². The van der Waals surface area contributed by atoms with E-state index in [-0.39, 0.29) is 24.5 Å². The highest BCUT2D eigenvalue weighted by molar-refractivity contribution is 5.93. The number of aryl methyl sites for hydroxylation is 2. The lowest BCUT2D eigenvalue weighted by molar-refractivity contribution is -0.133. The molecule has 174 valence electrons. The molecule has 0 fully saturated rings. The second-order valence-electron chi connectivity index (χ2n) is 8.60. The molecule has 6 heteroatoms. The van der Waals surface area contributed by atoms with E-state index in [1.54, 1.807) is 16.1 Å². The molecule has 6 nitrogen and oxygen atoms in total. The van der Waals surface area contributed by atoms with Gasteiger partial charge in [0.1, 0.15) is 12.3 Å². The van der Waals surface area contributed by atoms with Crippen LogP contribution in [0.5, 0.6) is 0 Å². The second-order valence-corrected chi connectivity index (χ2v) is 8.60. The van der Waals surface area contributed by atoms with Crippen molar-refractivity contribution in [3.63, 3.8) is 0 Å². The molecule has 0 bridgehead atoms. The number of benzene rings is 2. The summed E-state index contributed by atoms with van der Waals surface area (Å²) in [6.45, 7) is 8.69. The Hall–Kier alpha value is -3.54. The smallest absolute Gasteiger partial charge is 0.322 e. The van der Waals surface area contributed by atoms with Crippen LogP contribution in [0.2, 0.25) is 0 Å². The van der Waals surface area contributed by atoms with Crippen LogP contribution in [0.1, 0.15) is 36.3 Å². The zero-order valence-corrected chi connectivity index (χ0v) is 19.9. The molecule has 0 unspecified atom stereocenters. The maximum Gasteiger partial charge on any atom is 0.322 e. The average molecular weight is 448 g/mol. The molecule has 1 N–H and O–H groups in total. The van der Waals surface area contributed by atoms with Crippen molar-refractivity contribution in [2.45, 2.75) is 46.7 Å². The van der Waals surface area contributed by atoms with Crippen LogP contribution in [0.25, 0.3) is 0 Å². The molecule has 3 rings (SSSR count). The van der Waals surface area contributed by atoms with Gasteiger partial charge in [0, 0.05) is 18.3 Å². The average Bonchev–Trinajstić information content (AvgIpc) is 3.30. The van der Waals surface area contributed by atoms with E-state index in [2.05, 4.69) is 5.32 Å². The minimum absolute atomic E-state index is 0.0100. The highest BCUT2D eigenvalue weighted by Crippen LogP contribution is 2.17. The van der Waals surface area contributed by atoms with Gasteiger partial charge in [-0.2, -0.15) is 0 Å². The molecular formula is C27H33N3O3. The lowest BCUT2D eigenvalue weighted by atomic mass is 10.1. The van der Waals surface area contributed by atoms with Crippen molar-refractivity contribution >= 4 is 17.6 Å². The first-order valence-electron chi connectivity index (χ1n) is 11.3. The van der Waals surface area contributed by atoms with E-state index >= 15 is 0 Å². The molecule has 0 spiro atoms. The van der Waals surface area contributed by atoms with Crippen LogP contribution in [0, 0.1) is 13.8 Å². The maximum absolute atomic E-state index is 13.3. The third-order valence-corrected chi connectivity index (χ3v) is 5.61. The monoisotopic (exact) mass is 447 g/mol. The number of carbonyl (C=O) groups is 2. The van der Waals surface area contributed by atoms with Gasteiger partial charge in [-0.1, -0.05) is 48.0 Å². The molecule has 0 saturated heterocycles. The van der Waals surface area contributed by atoms with Crippen LogP contribution in [0.15, 0.2) is 71.3 Å². The minimum atomic E-state index is -0.286. The number of nitrogens with one attached hydrogen (secondary N) is 1. The maximum atomic E-state index is 13.3. The van der Waals surface area contributed by atoms with Gasteiger partial charge in [-0.15, -0.1) is 0 Å². The van der Waals surface area contributed by atoms with Crippen LogP contribution < -0.4 is 5.32 Å². The van der Waals surface area contributed by atoms with Crippen molar-refractivity contribution in [1.82, 2.24) is 9.80 Å². The SMILES string of the molecule is Cc1ccc(NC(=O)N(CC(=O)N(CCc2ccccc2)Cc2ccco2)C(C)C)c(C)c1. The highest BCUT2D eigenvalue weighted by Gasteiger charge is 2.24. The number of furan rings is 1. The van der Waals surface area contributed by atoms with Crippen LogP contribution in [0.4, 0.5) is 10.5 Å². The van der Waals surface area contributed by atoms with Crippen molar-refractivity contribution in [1.29, 1.82) is 0 Å². The van der Waals surface area contributed by atoms with E-state index in [4.69, 9.17) is 4.42 Å². The molecule has 3 amide bonds. The predicted molar refractivity (Wildman–Crippen MR) is 131 cm³/mol. The fraction of sp³-hybridized carbons (Fsp3) is 0.333. The Labute approximate surface area is 196 Å². The summed E-state index contributed by atoms with van der Waals surface area (Å²) >= 11 is 0. The predicted octanol–water partition coefficient (Wildman–Crippen LogP) is 5.41. The first-order chi connectivity index (χ1) is 15.8. The number of amides is 3. The van der Waals surface area contributed by atoms with E-state index in [0.29, 0.717) is 18.8 Å². The molecule has 0 aliphatic carbocycles. The standard InChI is InChI=1S/C27H33N3O3/c1-20(2)30(27(32)28-25-13-12-21(3)17-22(25)4)19-26(31)29(18-24-11-8-16-33-24)15-14-23-9-6-5-7-10-23/h5-13,16-17,20H,14-15,18-19H2,1-4H3,(H,28,32). The normalized spacial score (nSPS) is 10.8. The Balaban J connectivity index is 1.71. The summed E-state index contributed by atoms with van der Waals surface area (Å²) in [6, 6.07) is 19.2. The van der Waals surface area contributed by atoms with Gasteiger partial charge < -0.3 is 19.5 Å². The Kier molecular flexibility index (Phi) is 8.30. The fourth-order valence-electron chi connectivity index (χ4n) is 3.67. The molecule has 0 atom stereocenters. The largest absolute Gasteiger partial charge is 0.467 e. The van der Waals surface area contributed by atoms with Gasteiger partial charge in [0.2, 0.25) is 5.91 Å². The van der Waals surface area contributed by atoms with E-state index in [9.17, 15) is 9.59 Å². The number of hydrogen-bond donors (Lipinski definition) is 1. The number of anilines is 1. The van der Waals surface area contributed by atoms with Crippen LogP contribution in [0.3, 0.4) is 0 Å². The molecule has 0 aliphatic rings. The Morgan fingerprint density at radius 1 is 1.00 bits per heavy atom. The molecule has 33 heavy (non-hydrogen) atoms. The molecule has 0 aliphatic heterocycles. The molecule has 3 aromatic rings. The van der Waals surface area contributed by atoms with Crippen LogP contribution >= 0.6 is 0 Å². The Morgan fingerprint density at radius 3 is 2.39 bits per heavy atom. The summed E-state index contributed by atoms with van der Waals surface area (Å²) in [5, 5.41) is 2.96.